The molecule has 9 aromatic heterocycles. The van der Waals surface area contributed by atoms with Crippen molar-refractivity contribution in [1.82, 2.24) is 83.0 Å². The molecule has 4 fully saturated rings. The predicted molar refractivity (Wildman–Crippen MR) is 572 cm³/mol. The zero-order valence-electron chi connectivity index (χ0n) is 83.8. The van der Waals surface area contributed by atoms with Crippen LogP contribution in [0.4, 0.5) is 4.39 Å². The topological polar surface area (TPSA) is 202 Å². The quantitative estimate of drug-likeness (QED) is 0.0353. The van der Waals surface area contributed by atoms with Gasteiger partial charge in [0.25, 0.3) is 0 Å². The number of hydrogen-bond acceptors (Lipinski definition) is 19. The van der Waals surface area contributed by atoms with E-state index in [1.807, 2.05) is 158 Å². The summed E-state index contributed by atoms with van der Waals surface area (Å²) in [6.07, 6.45) is 26.6. The van der Waals surface area contributed by atoms with Crippen LogP contribution in [0.5, 0.6) is 34.5 Å². The first-order chi connectivity index (χ1) is 71.4. The zero-order chi connectivity index (χ0) is 98.7. The monoisotopic (exact) mass is 1940 g/mol. The number of hydrogen-bond donors (Lipinski definition) is 0. The highest BCUT2D eigenvalue weighted by Gasteiger charge is 2.22. The predicted octanol–water partition coefficient (Wildman–Crippen LogP) is 22.8. The Morgan fingerprint density at radius 1 is 0.262 bits per heavy atom. The van der Waals surface area contributed by atoms with Gasteiger partial charge in [-0.3, -0.25) is 4.98 Å². The Kier molecular flexibility index (Phi) is 33.7. The van der Waals surface area contributed by atoms with E-state index in [1.54, 1.807) is 45.9 Å². The van der Waals surface area contributed by atoms with Crippen LogP contribution in [0.3, 0.4) is 0 Å². The van der Waals surface area contributed by atoms with Gasteiger partial charge in [-0.1, -0.05) is 158 Å². The first kappa shape index (κ1) is 98.9. The van der Waals surface area contributed by atoms with E-state index in [0.29, 0.717) is 38.9 Å². The summed E-state index contributed by atoms with van der Waals surface area (Å²) < 4.78 is 55.1. The number of halogens is 1. The minimum Gasteiger partial charge on any atom is -0.497 e. The normalized spacial score (nSPS) is 13.9. The van der Waals surface area contributed by atoms with Crippen molar-refractivity contribution in [2.75, 3.05) is 107 Å². The van der Waals surface area contributed by atoms with Gasteiger partial charge < -0.3 is 48.0 Å². The number of rotatable bonds is 38. The van der Waals surface area contributed by atoms with Crippen LogP contribution in [0, 0.1) is 5.82 Å². The molecule has 145 heavy (non-hydrogen) atoms. The Bertz CT molecular complexity index is 7210. The first-order valence-electron chi connectivity index (χ1n) is 51.6. The second-order valence-electron chi connectivity index (χ2n) is 38.2. The summed E-state index contributed by atoms with van der Waals surface area (Å²) in [7, 11) is 6.48. The average Bonchev–Trinajstić information content (AvgIpc) is 1.40. The van der Waals surface area contributed by atoms with E-state index in [9.17, 15) is 4.39 Å². The van der Waals surface area contributed by atoms with E-state index in [1.165, 1.54) is 213 Å². The largest absolute Gasteiger partial charge is 0.497 e. The molecule has 4 aliphatic heterocycles. The van der Waals surface area contributed by atoms with Crippen molar-refractivity contribution in [3.05, 3.63) is 388 Å². The van der Waals surface area contributed by atoms with Crippen LogP contribution in [-0.2, 0) is 64.6 Å². The lowest BCUT2D eigenvalue weighted by atomic mass is 10.1. The minimum atomic E-state index is -0.382. The molecular formula is C121H130FN17O6. The third-order valence-electron chi connectivity index (χ3n) is 27.8. The van der Waals surface area contributed by atoms with Crippen molar-refractivity contribution in [2.45, 2.75) is 142 Å². The van der Waals surface area contributed by atoms with E-state index in [-0.39, 0.29) is 11.6 Å². The van der Waals surface area contributed by atoms with Gasteiger partial charge in [-0.15, -0.1) is 0 Å². The maximum atomic E-state index is 13.9. The number of methoxy groups -OCH3 is 4. The molecule has 4 aliphatic rings. The molecule has 0 bridgehead atoms. The van der Waals surface area contributed by atoms with Crippen molar-refractivity contribution in [1.29, 1.82) is 0 Å². The molecule has 23 nitrogen and oxygen atoms in total. The fraction of sp³-hybridized carbons (Fsp3) is 0.314. The molecule has 0 aliphatic carbocycles. The lowest BCUT2D eigenvalue weighted by Gasteiger charge is -2.13. The molecular weight excluding hydrogens is 1810 g/mol. The summed E-state index contributed by atoms with van der Waals surface area (Å²) >= 11 is 0. The molecule has 0 amide bonds. The van der Waals surface area contributed by atoms with E-state index in [4.69, 9.17) is 68.8 Å². The molecule has 24 heteroatoms. The maximum absolute atomic E-state index is 13.9. The van der Waals surface area contributed by atoms with Gasteiger partial charge in [0, 0.05) is 60.3 Å². The molecule has 0 spiro atoms. The van der Waals surface area contributed by atoms with Crippen LogP contribution in [0.15, 0.2) is 304 Å². The summed E-state index contributed by atoms with van der Waals surface area (Å²) in [5.41, 5.74) is 23.4. The first-order valence-corrected chi connectivity index (χ1v) is 51.6. The molecule has 0 saturated carbocycles. The number of aryl methyl sites for hydroxylation is 4. The number of likely N-dealkylation sites (tertiary alicyclic amines) is 4. The molecule has 0 unspecified atom stereocenters. The van der Waals surface area contributed by atoms with E-state index >= 15 is 0 Å². The van der Waals surface area contributed by atoms with Crippen LogP contribution < -0.4 is 28.4 Å². The Labute approximate surface area is 849 Å². The highest BCUT2D eigenvalue weighted by Crippen LogP contribution is 2.36. The van der Waals surface area contributed by atoms with Crippen molar-refractivity contribution in [3.63, 3.8) is 0 Å². The van der Waals surface area contributed by atoms with Crippen molar-refractivity contribution in [3.8, 4) is 79.5 Å². The second-order valence-corrected chi connectivity index (χ2v) is 38.2. The standard InChI is InChI=1S/C34H36N4O2.C32H33N5O.C28H32N4O2.C27H29FN4O/c1-39-30-11-4-8-28(22-30)25-40-31-12-5-10-29(24-31)32-13-6-14-34-35-33(36-38(32)34)23-27-17-15-26(16-18-27)9-7-21-37-19-2-3-20-37;1-2-20-36(19-1)21-5-6-25-11-13-26(14-12-25)22-31-34-32-10-4-9-30(37(32)35-31)28-7-3-8-29(23-28)38-24-27-15-17-33-18-16-27;1-33-23-14-15-26(34-2)24(20-23)25-8-5-9-28-29-27(30-32(25)28)19-22-12-10-21(11-13-22)7-6-18-31-16-3-4-17-31;1-33-25-19-22(13-14-23(25)28)24-7-4-8-27-29-26(30-32(24)27)18-21-11-9-20(10-12-21)6-5-17-31-15-2-3-16-31/h4-6,8,10-18,22,24H,2-3,7,9,19-21,23,25H2,1H3;3-4,7-18,23H,1-2,5-6,19-22,24H2;5,8-15,20H,3-4,6-7,16-19H2,1-2H3;4,7-14,19H,2-3,5-6,15-18H2,1H3. The van der Waals surface area contributed by atoms with Crippen LogP contribution in [-0.4, -0.2) is 190 Å². The Morgan fingerprint density at radius 2 is 0.586 bits per heavy atom. The van der Waals surface area contributed by atoms with Crippen LogP contribution >= 0.6 is 0 Å². The van der Waals surface area contributed by atoms with Crippen LogP contribution in [0.1, 0.15) is 156 Å². The fourth-order valence-corrected chi connectivity index (χ4v) is 19.9. The van der Waals surface area contributed by atoms with Gasteiger partial charge >= 0.3 is 0 Å². The Hall–Kier alpha value is -14.8. The number of nitrogens with zero attached hydrogens (tertiary/aromatic N) is 17. The number of aromatic nitrogens is 13. The third-order valence-corrected chi connectivity index (χ3v) is 27.8. The van der Waals surface area contributed by atoms with Gasteiger partial charge in [0.05, 0.1) is 51.2 Å². The SMILES string of the molecule is COc1cc(-c2cccc3nc(Cc4ccc(CCCN5CCCC5)cc4)nn23)ccc1F.COc1ccc(OC)c(-c2cccc3nc(Cc4ccc(CCCN5CCCC5)cc4)nn23)c1.COc1cccc(COc2cccc(-c3cccc4nc(Cc5ccc(CCCN6CCCC6)cc5)nn34)c2)c1.c1cc(OCc2ccncc2)cc(-c2cccc3nc(Cc4ccc(CCCN5CCCC5)cc4)nn23)c1. The molecule has 0 radical (unpaired) electrons. The summed E-state index contributed by atoms with van der Waals surface area (Å²) in [5, 5.41) is 19.3. The van der Waals surface area contributed by atoms with E-state index < -0.39 is 0 Å². The maximum Gasteiger partial charge on any atom is 0.165 e. The van der Waals surface area contributed by atoms with Crippen LogP contribution in [0.2, 0.25) is 0 Å². The molecule has 18 aromatic rings. The summed E-state index contributed by atoms with van der Waals surface area (Å²) in [4.78, 5) is 33.5. The Morgan fingerprint density at radius 3 is 0.959 bits per heavy atom. The number of benzene rings is 9. The highest BCUT2D eigenvalue weighted by molar-refractivity contribution is 5.72. The molecule has 9 aromatic carbocycles. The molecule has 0 N–H and O–H groups in total. The molecule has 13 heterocycles. The molecule has 4 saturated heterocycles. The lowest BCUT2D eigenvalue weighted by molar-refractivity contribution is 0.305. The smallest absolute Gasteiger partial charge is 0.165 e. The van der Waals surface area contributed by atoms with Crippen molar-refractivity contribution >= 4 is 22.6 Å². The molecule has 742 valence electrons. The molecule has 22 rings (SSSR count). The zero-order valence-corrected chi connectivity index (χ0v) is 83.8. The number of pyridine rings is 5. The second kappa shape index (κ2) is 49.4. The van der Waals surface area contributed by atoms with Crippen molar-refractivity contribution < 1.29 is 32.8 Å². The summed E-state index contributed by atoms with van der Waals surface area (Å²) in [6, 6.07) is 98.5. The van der Waals surface area contributed by atoms with Crippen LogP contribution in [0.25, 0.3) is 67.6 Å². The molecule has 0 atom stereocenters. The van der Waals surface area contributed by atoms with Gasteiger partial charge in [-0.05, 0) is 370 Å². The fourth-order valence-electron chi connectivity index (χ4n) is 19.9. The lowest BCUT2D eigenvalue weighted by Crippen LogP contribution is -2.20. The minimum absolute atomic E-state index is 0.213. The van der Waals surface area contributed by atoms with E-state index in [2.05, 4.69) is 158 Å². The van der Waals surface area contributed by atoms with Gasteiger partial charge in [0.2, 0.25) is 0 Å². The number of ether oxygens (including phenoxy) is 6. The number of fused-ring (bicyclic) bond motifs is 4. The summed E-state index contributed by atoms with van der Waals surface area (Å²) in [6.45, 7) is 16.0. The Balaban J connectivity index is 0.000000123. The van der Waals surface area contributed by atoms with E-state index in [0.717, 1.165) is 156 Å². The van der Waals surface area contributed by atoms with Gasteiger partial charge in [-0.2, -0.15) is 20.4 Å². The van der Waals surface area contributed by atoms with Gasteiger partial charge in [0.15, 0.2) is 57.5 Å². The summed E-state index contributed by atoms with van der Waals surface area (Å²) in [5.74, 6) is 7.03. The van der Waals surface area contributed by atoms with Gasteiger partial charge in [0.1, 0.15) is 42.0 Å². The van der Waals surface area contributed by atoms with Crippen molar-refractivity contribution in [2.24, 2.45) is 0 Å². The third kappa shape index (κ3) is 26.8. The van der Waals surface area contributed by atoms with Gasteiger partial charge in [-0.25, -0.2) is 42.4 Å². The average molecular weight is 1940 g/mol. The highest BCUT2D eigenvalue weighted by atomic mass is 19.1.